The Hall–Kier alpha value is -2.08. The lowest BCUT2D eigenvalue weighted by Gasteiger charge is -2.36. The lowest BCUT2D eigenvalue weighted by atomic mass is 10.1. The van der Waals surface area contributed by atoms with E-state index in [0.717, 1.165) is 5.56 Å². The van der Waals surface area contributed by atoms with Crippen molar-refractivity contribution < 1.29 is 19.8 Å². The minimum atomic E-state index is -0.849. The molecule has 1 amide bonds. The van der Waals surface area contributed by atoms with Gasteiger partial charge in [0.1, 0.15) is 11.8 Å². The van der Waals surface area contributed by atoms with E-state index < -0.39 is 12.0 Å². The molecule has 2 rings (SSSR count). The molecule has 1 aliphatic rings. The first-order chi connectivity index (χ1) is 9.90. The minimum absolute atomic E-state index is 0.110. The molecule has 6 nitrogen and oxygen atoms in total. The van der Waals surface area contributed by atoms with Crippen LogP contribution < -0.4 is 0 Å². The number of nitrogens with zero attached hydrogens (tertiary/aromatic N) is 2. The van der Waals surface area contributed by atoms with Gasteiger partial charge >= 0.3 is 5.97 Å². The van der Waals surface area contributed by atoms with E-state index in [2.05, 4.69) is 0 Å². The molecule has 0 radical (unpaired) electrons. The summed E-state index contributed by atoms with van der Waals surface area (Å²) in [5, 5.41) is 18.7. The molecule has 1 aromatic carbocycles. The molecule has 1 atom stereocenters. The second kappa shape index (κ2) is 6.13. The molecular formula is C15H20N2O4. The third-order valence-corrected chi connectivity index (χ3v) is 3.96. The van der Waals surface area contributed by atoms with Crippen molar-refractivity contribution in [2.24, 2.45) is 0 Å². The number of amides is 1. The molecule has 1 unspecified atom stereocenters. The summed E-state index contributed by atoms with van der Waals surface area (Å²) in [5.41, 5.74) is 1.18. The highest BCUT2D eigenvalue weighted by molar-refractivity contribution is 5.94. The summed E-state index contributed by atoms with van der Waals surface area (Å²) in [6.07, 6.45) is 0. The standard InChI is InChI=1S/C15H20N2O4/c1-10-3-4-12(9-13(10)18)14(19)17-7-5-16(6-8-17)11(2)15(20)21/h3-4,9,11,18H,5-8H2,1-2H3,(H,20,21). The van der Waals surface area contributed by atoms with Crippen LogP contribution in [0.1, 0.15) is 22.8 Å². The van der Waals surface area contributed by atoms with Gasteiger partial charge in [0.15, 0.2) is 0 Å². The van der Waals surface area contributed by atoms with Crippen LogP contribution in [-0.4, -0.2) is 64.1 Å². The van der Waals surface area contributed by atoms with E-state index in [4.69, 9.17) is 5.11 Å². The average Bonchev–Trinajstić information content (AvgIpc) is 2.48. The fourth-order valence-corrected chi connectivity index (χ4v) is 2.39. The maximum atomic E-state index is 12.4. The van der Waals surface area contributed by atoms with Gasteiger partial charge in [-0.05, 0) is 31.5 Å². The first kappa shape index (κ1) is 15.3. The van der Waals surface area contributed by atoms with Gasteiger partial charge in [0, 0.05) is 31.7 Å². The first-order valence-electron chi connectivity index (χ1n) is 6.96. The van der Waals surface area contributed by atoms with E-state index in [1.807, 2.05) is 4.90 Å². The molecule has 0 aromatic heterocycles. The minimum Gasteiger partial charge on any atom is -0.508 e. The molecule has 1 aromatic rings. The SMILES string of the molecule is Cc1ccc(C(=O)N2CCN(C(C)C(=O)O)CC2)cc1O. The number of rotatable bonds is 3. The van der Waals surface area contributed by atoms with Crippen molar-refractivity contribution in [3.63, 3.8) is 0 Å². The predicted octanol–water partition coefficient (Wildman–Crippen LogP) is 0.932. The zero-order chi connectivity index (χ0) is 15.6. The highest BCUT2D eigenvalue weighted by Gasteiger charge is 2.27. The molecule has 6 heteroatoms. The summed E-state index contributed by atoms with van der Waals surface area (Å²) >= 11 is 0. The lowest BCUT2D eigenvalue weighted by molar-refractivity contribution is -0.143. The number of carbonyl (C=O) groups is 2. The molecule has 1 saturated heterocycles. The van der Waals surface area contributed by atoms with Crippen molar-refractivity contribution in [2.45, 2.75) is 19.9 Å². The molecule has 1 aliphatic heterocycles. The highest BCUT2D eigenvalue weighted by Crippen LogP contribution is 2.19. The molecule has 1 heterocycles. The third kappa shape index (κ3) is 3.33. The fourth-order valence-electron chi connectivity index (χ4n) is 2.39. The van der Waals surface area contributed by atoms with Gasteiger partial charge in [-0.1, -0.05) is 6.07 Å². The van der Waals surface area contributed by atoms with Gasteiger partial charge in [0.25, 0.3) is 5.91 Å². The number of aliphatic carboxylic acids is 1. The number of phenols is 1. The van der Waals surface area contributed by atoms with Gasteiger partial charge in [0.05, 0.1) is 0 Å². The summed E-state index contributed by atoms with van der Waals surface area (Å²) in [7, 11) is 0. The van der Waals surface area contributed by atoms with E-state index in [1.165, 1.54) is 6.07 Å². The second-order valence-corrected chi connectivity index (χ2v) is 5.34. The van der Waals surface area contributed by atoms with E-state index >= 15 is 0 Å². The number of carboxylic acids is 1. The predicted molar refractivity (Wildman–Crippen MR) is 77.4 cm³/mol. The molecule has 0 bridgehead atoms. The Balaban J connectivity index is 2.00. The quantitative estimate of drug-likeness (QED) is 0.866. The van der Waals surface area contributed by atoms with Crippen LogP contribution in [0.4, 0.5) is 0 Å². The second-order valence-electron chi connectivity index (χ2n) is 5.34. The molecule has 0 aliphatic carbocycles. The summed E-state index contributed by atoms with van der Waals surface area (Å²) in [6.45, 7) is 5.48. The number of piperazine rings is 1. The molecular weight excluding hydrogens is 272 g/mol. The van der Waals surface area contributed by atoms with Gasteiger partial charge < -0.3 is 15.1 Å². The number of phenolic OH excluding ortho intramolecular Hbond substituents is 1. The van der Waals surface area contributed by atoms with Crippen molar-refractivity contribution in [2.75, 3.05) is 26.2 Å². The van der Waals surface area contributed by atoms with E-state index in [-0.39, 0.29) is 11.7 Å². The first-order valence-corrected chi connectivity index (χ1v) is 6.96. The van der Waals surface area contributed by atoms with Crippen molar-refractivity contribution in [3.8, 4) is 5.75 Å². The monoisotopic (exact) mass is 292 g/mol. The maximum absolute atomic E-state index is 12.4. The zero-order valence-corrected chi connectivity index (χ0v) is 12.2. The van der Waals surface area contributed by atoms with E-state index in [0.29, 0.717) is 31.7 Å². The normalized spacial score (nSPS) is 17.5. The van der Waals surface area contributed by atoms with E-state index in [1.54, 1.807) is 30.9 Å². The summed E-state index contributed by atoms with van der Waals surface area (Å²) in [6, 6.07) is 4.35. The van der Waals surface area contributed by atoms with Crippen LogP contribution in [0.5, 0.6) is 5.75 Å². The molecule has 21 heavy (non-hydrogen) atoms. The summed E-state index contributed by atoms with van der Waals surface area (Å²) < 4.78 is 0. The van der Waals surface area contributed by atoms with Crippen LogP contribution >= 0.6 is 0 Å². The maximum Gasteiger partial charge on any atom is 0.320 e. The van der Waals surface area contributed by atoms with Crippen molar-refractivity contribution in [3.05, 3.63) is 29.3 Å². The third-order valence-electron chi connectivity index (χ3n) is 3.96. The van der Waals surface area contributed by atoms with Crippen LogP contribution in [0.2, 0.25) is 0 Å². The molecule has 114 valence electrons. The fraction of sp³-hybridized carbons (Fsp3) is 0.467. The number of aryl methyl sites for hydroxylation is 1. The van der Waals surface area contributed by atoms with Crippen LogP contribution in [0.15, 0.2) is 18.2 Å². The van der Waals surface area contributed by atoms with Crippen LogP contribution in [0.3, 0.4) is 0 Å². The number of carboxylic acid groups (broad SMARTS) is 1. The zero-order valence-electron chi connectivity index (χ0n) is 12.2. The van der Waals surface area contributed by atoms with Gasteiger partial charge in [-0.2, -0.15) is 0 Å². The Morgan fingerprint density at radius 1 is 1.19 bits per heavy atom. The topological polar surface area (TPSA) is 81.1 Å². The molecule has 1 fully saturated rings. The van der Waals surface area contributed by atoms with Crippen molar-refractivity contribution in [1.29, 1.82) is 0 Å². The summed E-state index contributed by atoms with van der Waals surface area (Å²) in [5.74, 6) is -0.870. The van der Waals surface area contributed by atoms with Crippen LogP contribution in [0, 0.1) is 6.92 Å². The number of carbonyl (C=O) groups excluding carboxylic acids is 1. The average molecular weight is 292 g/mol. The Bertz CT molecular complexity index is 551. The number of benzene rings is 1. The number of aromatic hydroxyl groups is 1. The molecule has 2 N–H and O–H groups in total. The van der Waals surface area contributed by atoms with Crippen molar-refractivity contribution in [1.82, 2.24) is 9.80 Å². The molecule has 0 spiro atoms. The Morgan fingerprint density at radius 3 is 2.33 bits per heavy atom. The summed E-state index contributed by atoms with van der Waals surface area (Å²) in [4.78, 5) is 26.8. The van der Waals surface area contributed by atoms with E-state index in [9.17, 15) is 14.7 Å². The highest BCUT2D eigenvalue weighted by atomic mass is 16.4. The Labute approximate surface area is 123 Å². The van der Waals surface area contributed by atoms with Crippen LogP contribution in [-0.2, 0) is 4.79 Å². The number of hydrogen-bond donors (Lipinski definition) is 2. The van der Waals surface area contributed by atoms with Gasteiger partial charge in [0.2, 0.25) is 0 Å². The van der Waals surface area contributed by atoms with Gasteiger partial charge in [-0.3, -0.25) is 14.5 Å². The smallest absolute Gasteiger partial charge is 0.320 e. The lowest BCUT2D eigenvalue weighted by Crippen LogP contribution is -2.53. The van der Waals surface area contributed by atoms with Gasteiger partial charge in [-0.15, -0.1) is 0 Å². The van der Waals surface area contributed by atoms with Crippen molar-refractivity contribution >= 4 is 11.9 Å². The Kier molecular flexibility index (Phi) is 4.47. The Morgan fingerprint density at radius 2 is 1.81 bits per heavy atom. The largest absolute Gasteiger partial charge is 0.508 e. The molecule has 0 saturated carbocycles. The van der Waals surface area contributed by atoms with Gasteiger partial charge in [-0.25, -0.2) is 0 Å². The van der Waals surface area contributed by atoms with Crippen LogP contribution in [0.25, 0.3) is 0 Å². The number of hydrogen-bond acceptors (Lipinski definition) is 4.